The molecule has 5 nitrogen and oxygen atoms in total. The molecule has 0 radical (unpaired) electrons. The topological polar surface area (TPSA) is 63.7 Å². The van der Waals surface area contributed by atoms with Gasteiger partial charge in [-0.05, 0) is 69.2 Å². The SMILES string of the molecule is O=C(CN1C(=O)S/C(=C\c2ccc(OCc3ccc(F)cc3)c(Br)c2)C1=O)c1ccccc1. The lowest BCUT2D eigenvalue weighted by Gasteiger charge is -2.11. The number of thioether (sulfide) groups is 1. The van der Waals surface area contributed by atoms with E-state index in [1.165, 1.54) is 12.1 Å². The molecule has 1 saturated heterocycles. The highest BCUT2D eigenvalue weighted by Crippen LogP contribution is 2.34. The number of benzene rings is 3. The van der Waals surface area contributed by atoms with E-state index in [2.05, 4.69) is 15.9 Å². The largest absolute Gasteiger partial charge is 0.488 e. The summed E-state index contributed by atoms with van der Waals surface area (Å²) in [5.41, 5.74) is 1.96. The van der Waals surface area contributed by atoms with Gasteiger partial charge < -0.3 is 4.74 Å². The van der Waals surface area contributed by atoms with Crippen molar-refractivity contribution in [3.8, 4) is 5.75 Å². The molecule has 8 heteroatoms. The van der Waals surface area contributed by atoms with Crippen molar-refractivity contribution in [3.05, 3.63) is 105 Å². The van der Waals surface area contributed by atoms with Crippen LogP contribution in [0.25, 0.3) is 6.08 Å². The van der Waals surface area contributed by atoms with E-state index in [4.69, 9.17) is 4.74 Å². The van der Waals surface area contributed by atoms with Gasteiger partial charge >= 0.3 is 0 Å². The van der Waals surface area contributed by atoms with Crippen LogP contribution in [-0.4, -0.2) is 28.4 Å². The monoisotopic (exact) mass is 525 g/mol. The van der Waals surface area contributed by atoms with Gasteiger partial charge in [0.15, 0.2) is 5.78 Å². The fraction of sp³-hybridized carbons (Fsp3) is 0.0800. The molecular weight excluding hydrogens is 509 g/mol. The number of carbonyl (C=O) groups excluding carboxylic acids is 3. The van der Waals surface area contributed by atoms with Gasteiger partial charge in [0.25, 0.3) is 11.1 Å². The molecular formula is C25H17BrFNO4S. The standard InChI is InChI=1S/C25H17BrFNO4S/c26-20-12-17(8-11-22(20)32-15-16-6-9-19(27)10-7-16)13-23-24(30)28(25(31)33-23)14-21(29)18-4-2-1-3-5-18/h1-13H,14-15H2/b23-13-. The Morgan fingerprint density at radius 2 is 1.76 bits per heavy atom. The third-order valence-electron chi connectivity index (χ3n) is 4.83. The molecule has 3 aromatic rings. The normalized spacial score (nSPS) is 14.7. The number of rotatable bonds is 7. The first kappa shape index (κ1) is 22.9. The minimum absolute atomic E-state index is 0.243. The van der Waals surface area contributed by atoms with Crippen molar-refractivity contribution in [1.29, 1.82) is 0 Å². The van der Waals surface area contributed by atoms with Crippen molar-refractivity contribution in [2.45, 2.75) is 6.61 Å². The fourth-order valence-corrected chi connectivity index (χ4v) is 4.46. The lowest BCUT2D eigenvalue weighted by molar-refractivity contribution is -0.122. The second-order valence-electron chi connectivity index (χ2n) is 7.16. The minimum atomic E-state index is -0.498. The molecule has 0 spiro atoms. The minimum Gasteiger partial charge on any atom is -0.488 e. The van der Waals surface area contributed by atoms with Gasteiger partial charge in [-0.1, -0.05) is 48.5 Å². The summed E-state index contributed by atoms with van der Waals surface area (Å²) in [5.74, 6) is -0.525. The van der Waals surface area contributed by atoms with E-state index in [1.807, 2.05) is 0 Å². The van der Waals surface area contributed by atoms with E-state index in [-0.39, 0.29) is 29.7 Å². The first-order chi connectivity index (χ1) is 15.9. The number of Topliss-reactive ketones (excluding diaryl/α,β-unsaturated/α-hetero) is 1. The van der Waals surface area contributed by atoms with Crippen molar-refractivity contribution in [2.24, 2.45) is 0 Å². The van der Waals surface area contributed by atoms with Crippen molar-refractivity contribution in [2.75, 3.05) is 6.54 Å². The third-order valence-corrected chi connectivity index (χ3v) is 6.36. The van der Waals surface area contributed by atoms with Crippen LogP contribution in [0.4, 0.5) is 9.18 Å². The van der Waals surface area contributed by atoms with Crippen LogP contribution in [0.3, 0.4) is 0 Å². The number of amides is 2. The highest BCUT2D eigenvalue weighted by atomic mass is 79.9. The molecule has 0 unspecified atom stereocenters. The molecule has 1 aliphatic heterocycles. The highest BCUT2D eigenvalue weighted by Gasteiger charge is 2.36. The number of ketones is 1. The predicted molar refractivity (Wildman–Crippen MR) is 128 cm³/mol. The Hall–Kier alpha value is -3.23. The van der Waals surface area contributed by atoms with Gasteiger partial charge in [0.05, 0.1) is 15.9 Å². The number of nitrogens with zero attached hydrogens (tertiary/aromatic N) is 1. The summed E-state index contributed by atoms with van der Waals surface area (Å²) in [7, 11) is 0. The summed E-state index contributed by atoms with van der Waals surface area (Å²) in [6, 6.07) is 19.8. The van der Waals surface area contributed by atoms with Gasteiger partial charge in [0, 0.05) is 5.56 Å². The van der Waals surface area contributed by atoms with Crippen LogP contribution in [0.2, 0.25) is 0 Å². The van der Waals surface area contributed by atoms with E-state index < -0.39 is 11.1 Å². The Labute approximate surface area is 202 Å². The van der Waals surface area contributed by atoms with Gasteiger partial charge in [0.1, 0.15) is 18.2 Å². The summed E-state index contributed by atoms with van der Waals surface area (Å²) in [6.45, 7) is -0.0293. The van der Waals surface area contributed by atoms with Crippen LogP contribution >= 0.6 is 27.7 Å². The van der Waals surface area contributed by atoms with E-state index in [0.717, 1.165) is 22.2 Å². The molecule has 0 aliphatic carbocycles. The van der Waals surface area contributed by atoms with Crippen molar-refractivity contribution in [1.82, 2.24) is 4.90 Å². The number of ether oxygens (including phenoxy) is 1. The molecule has 1 aliphatic rings. The van der Waals surface area contributed by atoms with Gasteiger partial charge in [-0.15, -0.1) is 0 Å². The average Bonchev–Trinajstić information content (AvgIpc) is 3.07. The molecule has 3 aromatic carbocycles. The molecule has 0 saturated carbocycles. The Bertz CT molecular complexity index is 1250. The van der Waals surface area contributed by atoms with E-state index >= 15 is 0 Å². The molecule has 0 bridgehead atoms. The van der Waals surface area contributed by atoms with Crippen LogP contribution in [0, 0.1) is 5.82 Å². The number of hydrogen-bond donors (Lipinski definition) is 0. The van der Waals surface area contributed by atoms with Crippen molar-refractivity contribution < 1.29 is 23.5 Å². The lowest BCUT2D eigenvalue weighted by atomic mass is 10.1. The zero-order valence-electron chi connectivity index (χ0n) is 17.2. The number of carbonyl (C=O) groups is 3. The highest BCUT2D eigenvalue weighted by molar-refractivity contribution is 9.10. The fourth-order valence-electron chi connectivity index (χ4n) is 3.11. The number of halogens is 2. The van der Waals surface area contributed by atoms with Crippen LogP contribution in [0.15, 0.2) is 82.2 Å². The summed E-state index contributed by atoms with van der Waals surface area (Å²) >= 11 is 4.25. The van der Waals surface area contributed by atoms with Crippen LogP contribution in [0.1, 0.15) is 21.5 Å². The number of hydrogen-bond acceptors (Lipinski definition) is 5. The van der Waals surface area contributed by atoms with Crippen LogP contribution in [0.5, 0.6) is 5.75 Å². The molecule has 33 heavy (non-hydrogen) atoms. The molecule has 166 valence electrons. The second kappa shape index (κ2) is 10.1. The zero-order chi connectivity index (χ0) is 23.4. The lowest BCUT2D eigenvalue weighted by Crippen LogP contribution is -2.33. The van der Waals surface area contributed by atoms with Crippen LogP contribution < -0.4 is 4.74 Å². The average molecular weight is 526 g/mol. The molecule has 1 heterocycles. The molecule has 1 fully saturated rings. The Morgan fingerprint density at radius 3 is 2.45 bits per heavy atom. The maximum absolute atomic E-state index is 13.0. The summed E-state index contributed by atoms with van der Waals surface area (Å²) < 4.78 is 19.5. The van der Waals surface area contributed by atoms with E-state index in [9.17, 15) is 18.8 Å². The molecule has 0 aromatic heterocycles. The van der Waals surface area contributed by atoms with E-state index in [1.54, 1.807) is 66.7 Å². The molecule has 0 atom stereocenters. The maximum Gasteiger partial charge on any atom is 0.293 e. The second-order valence-corrected chi connectivity index (χ2v) is 9.01. The third kappa shape index (κ3) is 5.58. The van der Waals surface area contributed by atoms with Crippen LogP contribution in [-0.2, 0) is 11.4 Å². The Balaban J connectivity index is 1.43. The van der Waals surface area contributed by atoms with E-state index in [0.29, 0.717) is 21.3 Å². The zero-order valence-corrected chi connectivity index (χ0v) is 19.6. The number of imide groups is 1. The van der Waals surface area contributed by atoms with Crippen molar-refractivity contribution >= 4 is 50.7 Å². The maximum atomic E-state index is 13.0. The van der Waals surface area contributed by atoms with Gasteiger partial charge in [-0.3, -0.25) is 19.3 Å². The predicted octanol–water partition coefficient (Wildman–Crippen LogP) is 6.09. The summed E-state index contributed by atoms with van der Waals surface area (Å²) in [4.78, 5) is 38.7. The first-order valence-electron chi connectivity index (χ1n) is 9.91. The Kier molecular flexibility index (Phi) is 7.05. The molecule has 2 amide bonds. The summed E-state index contributed by atoms with van der Waals surface area (Å²) in [6.07, 6.45) is 1.60. The first-order valence-corrected chi connectivity index (χ1v) is 11.5. The van der Waals surface area contributed by atoms with Gasteiger partial charge in [0.2, 0.25) is 0 Å². The van der Waals surface area contributed by atoms with Crippen molar-refractivity contribution in [3.63, 3.8) is 0 Å². The van der Waals surface area contributed by atoms with Gasteiger partial charge in [-0.2, -0.15) is 0 Å². The smallest absolute Gasteiger partial charge is 0.293 e. The quantitative estimate of drug-likeness (QED) is 0.276. The summed E-state index contributed by atoms with van der Waals surface area (Å²) in [5, 5.41) is -0.478. The Morgan fingerprint density at radius 1 is 1.03 bits per heavy atom. The molecule has 4 rings (SSSR count). The molecule has 0 N–H and O–H groups in total. The van der Waals surface area contributed by atoms with Gasteiger partial charge in [-0.25, -0.2) is 4.39 Å².